The topological polar surface area (TPSA) is 72.2 Å². The van der Waals surface area contributed by atoms with Crippen molar-refractivity contribution in [3.63, 3.8) is 0 Å². The van der Waals surface area contributed by atoms with Crippen LogP contribution in [0.15, 0.2) is 42.5 Å². The lowest BCUT2D eigenvalue weighted by Crippen LogP contribution is -2.25. The Balaban J connectivity index is 2.08. The van der Waals surface area contributed by atoms with Crippen LogP contribution in [0.25, 0.3) is 0 Å². The van der Waals surface area contributed by atoms with Crippen molar-refractivity contribution in [3.05, 3.63) is 65.2 Å². The summed E-state index contributed by atoms with van der Waals surface area (Å²) in [6.07, 6.45) is 0. The van der Waals surface area contributed by atoms with Crippen LogP contribution in [0.1, 0.15) is 11.1 Å². The van der Waals surface area contributed by atoms with Gasteiger partial charge < -0.3 is 5.73 Å². The average Bonchev–Trinajstić information content (AvgIpc) is 2.42. The van der Waals surface area contributed by atoms with Crippen LogP contribution in [0.2, 0.25) is 0 Å². The SMILES string of the molecule is Nc1ccccc1CS(=O)(=O)NCc1cc(F)ccc1F. The van der Waals surface area contributed by atoms with Crippen LogP contribution < -0.4 is 10.5 Å². The highest BCUT2D eigenvalue weighted by Crippen LogP contribution is 2.14. The van der Waals surface area contributed by atoms with Crippen molar-refractivity contribution in [3.8, 4) is 0 Å². The van der Waals surface area contributed by atoms with Crippen LogP contribution in [-0.2, 0) is 22.3 Å². The van der Waals surface area contributed by atoms with Gasteiger partial charge in [0.1, 0.15) is 11.6 Å². The van der Waals surface area contributed by atoms with E-state index in [1.54, 1.807) is 24.3 Å². The maximum Gasteiger partial charge on any atom is 0.216 e. The van der Waals surface area contributed by atoms with E-state index in [4.69, 9.17) is 5.73 Å². The standard InChI is InChI=1S/C14H14F2N2O2S/c15-12-5-6-13(16)11(7-12)8-18-21(19,20)9-10-3-1-2-4-14(10)17/h1-7,18H,8-9,17H2. The number of nitrogens with two attached hydrogens (primary N) is 1. The number of para-hydroxylation sites is 1. The van der Waals surface area contributed by atoms with Crippen molar-refractivity contribution in [1.29, 1.82) is 0 Å². The summed E-state index contributed by atoms with van der Waals surface area (Å²) in [5.41, 5.74) is 6.43. The number of nitrogens with one attached hydrogen (secondary N) is 1. The fourth-order valence-corrected chi connectivity index (χ4v) is 2.94. The molecular weight excluding hydrogens is 298 g/mol. The maximum absolute atomic E-state index is 13.4. The Kier molecular flexibility index (Phi) is 4.54. The molecule has 0 amide bonds. The second-order valence-electron chi connectivity index (χ2n) is 4.51. The van der Waals surface area contributed by atoms with Crippen molar-refractivity contribution in [2.75, 3.05) is 5.73 Å². The molecule has 2 rings (SSSR count). The molecule has 0 unspecified atom stereocenters. The van der Waals surface area contributed by atoms with Crippen LogP contribution in [0.4, 0.5) is 14.5 Å². The molecule has 0 aliphatic heterocycles. The number of anilines is 1. The van der Waals surface area contributed by atoms with Crippen LogP contribution >= 0.6 is 0 Å². The van der Waals surface area contributed by atoms with E-state index in [0.717, 1.165) is 18.2 Å². The number of nitrogen functional groups attached to an aromatic ring is 1. The van der Waals surface area contributed by atoms with Crippen molar-refractivity contribution in [1.82, 2.24) is 4.72 Å². The molecule has 3 N–H and O–H groups in total. The van der Waals surface area contributed by atoms with Gasteiger partial charge in [0.2, 0.25) is 10.0 Å². The van der Waals surface area contributed by atoms with Gasteiger partial charge in [-0.2, -0.15) is 0 Å². The van der Waals surface area contributed by atoms with E-state index in [0.29, 0.717) is 11.3 Å². The maximum atomic E-state index is 13.4. The van der Waals surface area contributed by atoms with E-state index < -0.39 is 21.7 Å². The smallest absolute Gasteiger partial charge is 0.216 e. The van der Waals surface area contributed by atoms with E-state index >= 15 is 0 Å². The normalized spacial score (nSPS) is 11.5. The molecule has 4 nitrogen and oxygen atoms in total. The lowest BCUT2D eigenvalue weighted by atomic mass is 10.2. The molecule has 0 saturated carbocycles. The van der Waals surface area contributed by atoms with Gasteiger partial charge in [0.05, 0.1) is 5.75 Å². The van der Waals surface area contributed by atoms with E-state index in [1.165, 1.54) is 0 Å². The monoisotopic (exact) mass is 312 g/mol. The summed E-state index contributed by atoms with van der Waals surface area (Å²) in [4.78, 5) is 0. The predicted octanol–water partition coefficient (Wildman–Crippen LogP) is 2.17. The summed E-state index contributed by atoms with van der Waals surface area (Å²) >= 11 is 0. The first kappa shape index (κ1) is 15.4. The summed E-state index contributed by atoms with van der Waals surface area (Å²) in [6.45, 7) is -0.321. The van der Waals surface area contributed by atoms with Crippen LogP contribution in [0.5, 0.6) is 0 Å². The summed E-state index contributed by atoms with van der Waals surface area (Å²) in [6, 6.07) is 9.43. The Hall–Kier alpha value is -1.99. The first-order valence-electron chi connectivity index (χ1n) is 6.12. The summed E-state index contributed by atoms with van der Waals surface area (Å²) < 4.78 is 52.5. The molecule has 2 aromatic rings. The van der Waals surface area contributed by atoms with Crippen molar-refractivity contribution in [2.24, 2.45) is 0 Å². The number of hydrogen-bond acceptors (Lipinski definition) is 3. The Morgan fingerprint density at radius 2 is 1.76 bits per heavy atom. The van der Waals surface area contributed by atoms with Gasteiger partial charge in [-0.15, -0.1) is 0 Å². The molecular formula is C14H14F2N2O2S. The molecule has 0 radical (unpaired) electrons. The number of halogens is 2. The summed E-state index contributed by atoms with van der Waals surface area (Å²) in [5.74, 6) is -1.62. The third-order valence-corrected chi connectivity index (χ3v) is 4.17. The molecule has 112 valence electrons. The highest BCUT2D eigenvalue weighted by molar-refractivity contribution is 7.88. The fraction of sp³-hybridized carbons (Fsp3) is 0.143. The van der Waals surface area contributed by atoms with Crippen LogP contribution in [0.3, 0.4) is 0 Å². The molecule has 0 saturated heterocycles. The average molecular weight is 312 g/mol. The largest absolute Gasteiger partial charge is 0.398 e. The van der Waals surface area contributed by atoms with E-state index in [2.05, 4.69) is 4.72 Å². The Labute approximate surface area is 121 Å². The quantitative estimate of drug-likeness (QED) is 0.831. The lowest BCUT2D eigenvalue weighted by Gasteiger charge is -2.09. The fourth-order valence-electron chi connectivity index (χ4n) is 1.79. The van der Waals surface area contributed by atoms with E-state index in [9.17, 15) is 17.2 Å². The predicted molar refractivity (Wildman–Crippen MR) is 76.7 cm³/mol. The highest BCUT2D eigenvalue weighted by Gasteiger charge is 2.14. The second kappa shape index (κ2) is 6.19. The van der Waals surface area contributed by atoms with Gasteiger partial charge in [0.25, 0.3) is 0 Å². The molecule has 0 aliphatic carbocycles. The number of rotatable bonds is 5. The van der Waals surface area contributed by atoms with Gasteiger partial charge in [0.15, 0.2) is 0 Å². The minimum Gasteiger partial charge on any atom is -0.398 e. The molecule has 0 atom stereocenters. The Bertz CT molecular complexity index is 748. The minimum absolute atomic E-state index is 0.0559. The van der Waals surface area contributed by atoms with Crippen molar-refractivity contribution < 1.29 is 17.2 Å². The molecule has 0 bridgehead atoms. The van der Waals surface area contributed by atoms with Crippen molar-refractivity contribution >= 4 is 15.7 Å². The van der Waals surface area contributed by atoms with Crippen molar-refractivity contribution in [2.45, 2.75) is 12.3 Å². The first-order chi connectivity index (χ1) is 9.87. The molecule has 0 fully saturated rings. The highest BCUT2D eigenvalue weighted by atomic mass is 32.2. The van der Waals surface area contributed by atoms with Gasteiger partial charge in [-0.05, 0) is 29.8 Å². The van der Waals surface area contributed by atoms with Crippen LogP contribution in [0, 0.1) is 11.6 Å². The second-order valence-corrected chi connectivity index (χ2v) is 6.32. The van der Waals surface area contributed by atoms with Gasteiger partial charge >= 0.3 is 0 Å². The van der Waals surface area contributed by atoms with E-state index in [1.807, 2.05) is 0 Å². The van der Waals surface area contributed by atoms with Gasteiger partial charge in [-0.25, -0.2) is 21.9 Å². The number of benzene rings is 2. The zero-order valence-corrected chi connectivity index (χ0v) is 11.8. The Morgan fingerprint density at radius 1 is 1.05 bits per heavy atom. The molecule has 0 heterocycles. The zero-order valence-electron chi connectivity index (χ0n) is 11.0. The van der Waals surface area contributed by atoms with Crippen LogP contribution in [-0.4, -0.2) is 8.42 Å². The molecule has 0 aromatic heterocycles. The third-order valence-electron chi connectivity index (χ3n) is 2.89. The van der Waals surface area contributed by atoms with Gasteiger partial charge in [-0.1, -0.05) is 18.2 Å². The minimum atomic E-state index is -3.70. The summed E-state index contributed by atoms with van der Waals surface area (Å²) in [7, 11) is -3.70. The first-order valence-corrected chi connectivity index (χ1v) is 7.77. The molecule has 21 heavy (non-hydrogen) atoms. The molecule has 0 spiro atoms. The number of hydrogen-bond donors (Lipinski definition) is 2. The van der Waals surface area contributed by atoms with Gasteiger partial charge in [-0.3, -0.25) is 0 Å². The number of sulfonamides is 1. The molecule has 2 aromatic carbocycles. The molecule has 0 aliphatic rings. The summed E-state index contributed by atoms with van der Waals surface area (Å²) in [5, 5.41) is 0. The Morgan fingerprint density at radius 3 is 2.48 bits per heavy atom. The van der Waals surface area contributed by atoms with Gasteiger partial charge in [0, 0.05) is 17.8 Å². The lowest BCUT2D eigenvalue weighted by molar-refractivity contribution is 0.566. The third kappa shape index (κ3) is 4.24. The zero-order chi connectivity index (χ0) is 15.5. The molecule has 7 heteroatoms. The van der Waals surface area contributed by atoms with E-state index in [-0.39, 0.29) is 17.9 Å².